The molecule has 3 rings (SSSR count). The summed E-state index contributed by atoms with van der Waals surface area (Å²) in [5.74, 6) is 1.18. The van der Waals surface area contributed by atoms with Gasteiger partial charge >= 0.3 is 0 Å². The molecule has 0 aliphatic heterocycles. The van der Waals surface area contributed by atoms with Crippen molar-refractivity contribution >= 4 is 15.5 Å². The lowest BCUT2D eigenvalue weighted by atomic mass is 10.2. The molecule has 0 saturated heterocycles. The third-order valence-corrected chi connectivity index (χ3v) is 5.00. The van der Waals surface area contributed by atoms with Gasteiger partial charge in [0.2, 0.25) is 10.0 Å². The molecule has 3 aromatic rings. The second-order valence-electron chi connectivity index (χ2n) is 5.20. The molecule has 0 aliphatic rings. The van der Waals surface area contributed by atoms with Crippen molar-refractivity contribution < 1.29 is 13.2 Å². The minimum absolute atomic E-state index is 0.0117. The van der Waals surface area contributed by atoms with E-state index in [1.807, 2.05) is 0 Å². The van der Waals surface area contributed by atoms with Gasteiger partial charge in [-0.25, -0.2) is 18.2 Å². The van der Waals surface area contributed by atoms with Crippen molar-refractivity contribution in [3.05, 3.63) is 58.3 Å². The number of nitrogens with one attached hydrogen (secondary N) is 2. The average molecular weight is 348 g/mol. The lowest BCUT2D eigenvalue weighted by Crippen LogP contribution is -2.22. The standard InChI is InChI=1S/C15H16N4O4S/c1-10-17-18-15(20)14-7-13(9-19(10)14)24(21,22)16-8-11-3-5-12(23-2)6-4-11/h3-7,9,16H,8H2,1-2H3,(H,18,20). The van der Waals surface area contributed by atoms with Crippen molar-refractivity contribution in [2.75, 3.05) is 7.11 Å². The highest BCUT2D eigenvalue weighted by Gasteiger charge is 2.18. The van der Waals surface area contributed by atoms with Gasteiger partial charge in [0.25, 0.3) is 5.56 Å². The summed E-state index contributed by atoms with van der Waals surface area (Å²) < 4.78 is 33.9. The summed E-state index contributed by atoms with van der Waals surface area (Å²) in [6, 6.07) is 8.38. The quantitative estimate of drug-likeness (QED) is 0.710. The van der Waals surface area contributed by atoms with E-state index < -0.39 is 15.6 Å². The van der Waals surface area contributed by atoms with Crippen LogP contribution in [0.3, 0.4) is 0 Å². The van der Waals surface area contributed by atoms with E-state index in [0.29, 0.717) is 11.6 Å². The Bertz CT molecular complexity index is 1040. The van der Waals surface area contributed by atoms with Crippen LogP contribution >= 0.6 is 0 Å². The molecule has 0 unspecified atom stereocenters. The highest BCUT2D eigenvalue weighted by molar-refractivity contribution is 7.89. The van der Waals surface area contributed by atoms with E-state index in [-0.39, 0.29) is 17.0 Å². The largest absolute Gasteiger partial charge is 0.497 e. The summed E-state index contributed by atoms with van der Waals surface area (Å²) in [6.45, 7) is 1.80. The molecule has 0 aliphatic carbocycles. The van der Waals surface area contributed by atoms with Crippen molar-refractivity contribution in [1.29, 1.82) is 0 Å². The molecule has 0 amide bonds. The molecule has 1 aromatic carbocycles. The highest BCUT2D eigenvalue weighted by atomic mass is 32.2. The SMILES string of the molecule is COc1ccc(CNS(=O)(=O)c2cc3c(=O)[nH]nc(C)n3c2)cc1. The lowest BCUT2D eigenvalue weighted by Gasteiger charge is -2.06. The number of H-pyrrole nitrogens is 1. The Kier molecular flexibility index (Phi) is 4.12. The number of hydrogen-bond donors (Lipinski definition) is 2. The first-order valence-corrected chi connectivity index (χ1v) is 8.59. The van der Waals surface area contributed by atoms with Gasteiger partial charge in [-0.1, -0.05) is 12.1 Å². The zero-order valence-corrected chi connectivity index (χ0v) is 13.9. The maximum Gasteiger partial charge on any atom is 0.288 e. The zero-order chi connectivity index (χ0) is 17.3. The molecule has 126 valence electrons. The first-order chi connectivity index (χ1) is 11.4. The van der Waals surface area contributed by atoms with Gasteiger partial charge < -0.3 is 4.74 Å². The van der Waals surface area contributed by atoms with Gasteiger partial charge in [-0.05, 0) is 30.7 Å². The molecule has 9 heteroatoms. The number of methoxy groups -OCH3 is 1. The molecule has 8 nitrogen and oxygen atoms in total. The van der Waals surface area contributed by atoms with Crippen LogP contribution in [0.1, 0.15) is 11.4 Å². The minimum atomic E-state index is -3.75. The Morgan fingerprint density at radius 3 is 2.62 bits per heavy atom. The molecular formula is C15H16N4O4S. The minimum Gasteiger partial charge on any atom is -0.497 e. The third-order valence-electron chi connectivity index (χ3n) is 3.63. The molecule has 2 N–H and O–H groups in total. The zero-order valence-electron chi connectivity index (χ0n) is 13.1. The summed E-state index contributed by atoms with van der Waals surface area (Å²) in [6.07, 6.45) is 1.38. The molecule has 2 aromatic heterocycles. The predicted molar refractivity (Wildman–Crippen MR) is 87.6 cm³/mol. The van der Waals surface area contributed by atoms with Crippen LogP contribution in [0.5, 0.6) is 5.75 Å². The van der Waals surface area contributed by atoms with Crippen LogP contribution in [0, 0.1) is 6.92 Å². The summed E-state index contributed by atoms with van der Waals surface area (Å²) in [5.41, 5.74) is 0.573. The van der Waals surface area contributed by atoms with E-state index in [9.17, 15) is 13.2 Å². The van der Waals surface area contributed by atoms with Crippen LogP contribution in [-0.4, -0.2) is 30.1 Å². The number of aromatic amines is 1. The van der Waals surface area contributed by atoms with Gasteiger partial charge in [0.15, 0.2) is 0 Å². The maximum absolute atomic E-state index is 12.4. The van der Waals surface area contributed by atoms with E-state index in [2.05, 4.69) is 14.9 Å². The van der Waals surface area contributed by atoms with E-state index >= 15 is 0 Å². The number of fused-ring (bicyclic) bond motifs is 1. The molecule has 24 heavy (non-hydrogen) atoms. The van der Waals surface area contributed by atoms with Crippen LogP contribution in [0.2, 0.25) is 0 Å². The molecule has 0 fully saturated rings. The van der Waals surface area contributed by atoms with Crippen molar-refractivity contribution in [1.82, 2.24) is 19.3 Å². The van der Waals surface area contributed by atoms with Crippen LogP contribution < -0.4 is 15.0 Å². The van der Waals surface area contributed by atoms with Gasteiger partial charge in [0, 0.05) is 12.7 Å². The van der Waals surface area contributed by atoms with Crippen LogP contribution in [-0.2, 0) is 16.6 Å². The fourth-order valence-electron chi connectivity index (χ4n) is 2.28. The molecule has 0 bridgehead atoms. The monoisotopic (exact) mass is 348 g/mol. The number of aryl methyl sites for hydroxylation is 1. The third kappa shape index (κ3) is 3.03. The topological polar surface area (TPSA) is 106 Å². The molecule has 0 saturated carbocycles. The van der Waals surface area contributed by atoms with Gasteiger partial charge in [-0.3, -0.25) is 9.20 Å². The van der Waals surface area contributed by atoms with Gasteiger partial charge in [-0.15, -0.1) is 0 Å². The van der Waals surface area contributed by atoms with Gasteiger partial charge in [0.1, 0.15) is 22.0 Å². The summed E-state index contributed by atoms with van der Waals surface area (Å²) in [7, 11) is -2.19. The average Bonchev–Trinajstić information content (AvgIpc) is 3.05. The summed E-state index contributed by atoms with van der Waals surface area (Å²) in [5, 5.41) is 6.13. The number of nitrogens with zero attached hydrogens (tertiary/aromatic N) is 2. The number of hydrogen-bond acceptors (Lipinski definition) is 5. The lowest BCUT2D eigenvalue weighted by molar-refractivity contribution is 0.414. The Hall–Kier alpha value is -2.65. The van der Waals surface area contributed by atoms with Crippen molar-refractivity contribution in [3.63, 3.8) is 0 Å². The normalized spacial score (nSPS) is 11.8. The van der Waals surface area contributed by atoms with E-state index in [1.54, 1.807) is 38.3 Å². The molecule has 0 atom stereocenters. The highest BCUT2D eigenvalue weighted by Crippen LogP contribution is 2.15. The number of rotatable bonds is 5. The van der Waals surface area contributed by atoms with E-state index in [4.69, 9.17) is 4.74 Å². The fourth-order valence-corrected chi connectivity index (χ4v) is 3.31. The predicted octanol–water partition coefficient (Wildman–Crippen LogP) is 0.818. The fraction of sp³-hybridized carbons (Fsp3) is 0.200. The van der Waals surface area contributed by atoms with Crippen molar-refractivity contribution in [3.8, 4) is 5.75 Å². The number of benzene rings is 1. The Morgan fingerprint density at radius 1 is 1.29 bits per heavy atom. The molecule has 0 spiro atoms. The first kappa shape index (κ1) is 16.2. The Morgan fingerprint density at radius 2 is 2.00 bits per heavy atom. The maximum atomic E-state index is 12.4. The van der Waals surface area contributed by atoms with Crippen molar-refractivity contribution in [2.24, 2.45) is 0 Å². The van der Waals surface area contributed by atoms with Crippen LogP contribution in [0.4, 0.5) is 0 Å². The molecule has 2 heterocycles. The number of aromatic nitrogens is 3. The van der Waals surface area contributed by atoms with Crippen molar-refractivity contribution in [2.45, 2.75) is 18.4 Å². The number of sulfonamides is 1. The molecular weight excluding hydrogens is 332 g/mol. The second kappa shape index (κ2) is 6.10. The van der Waals surface area contributed by atoms with Gasteiger partial charge in [0.05, 0.1) is 7.11 Å². The Balaban J connectivity index is 1.86. The van der Waals surface area contributed by atoms with Crippen LogP contribution in [0.15, 0.2) is 46.2 Å². The van der Waals surface area contributed by atoms with Crippen LogP contribution in [0.25, 0.3) is 5.52 Å². The van der Waals surface area contributed by atoms with Gasteiger partial charge in [-0.2, -0.15) is 5.10 Å². The van der Waals surface area contributed by atoms with E-state index in [1.165, 1.54) is 16.7 Å². The smallest absolute Gasteiger partial charge is 0.288 e. The number of ether oxygens (including phenoxy) is 1. The Labute approximate surface area is 138 Å². The summed E-state index contributed by atoms with van der Waals surface area (Å²) in [4.78, 5) is 11.8. The van der Waals surface area contributed by atoms with E-state index in [0.717, 1.165) is 5.56 Å². The second-order valence-corrected chi connectivity index (χ2v) is 6.97. The molecule has 0 radical (unpaired) electrons. The summed E-state index contributed by atoms with van der Waals surface area (Å²) >= 11 is 0. The first-order valence-electron chi connectivity index (χ1n) is 7.11.